The van der Waals surface area contributed by atoms with Gasteiger partial charge in [-0.15, -0.1) is 0 Å². The molecule has 1 aliphatic heterocycles. The van der Waals surface area contributed by atoms with Crippen molar-refractivity contribution in [3.63, 3.8) is 0 Å². The Bertz CT molecular complexity index is 124. The molecule has 3 nitrogen and oxygen atoms in total. The van der Waals surface area contributed by atoms with Gasteiger partial charge in [0.1, 0.15) is 0 Å². The molecule has 0 radical (unpaired) electrons. The Morgan fingerprint density at radius 3 is 3.08 bits per heavy atom. The molecule has 13 heavy (non-hydrogen) atoms. The summed E-state index contributed by atoms with van der Waals surface area (Å²) in [4.78, 5) is 0. The Kier molecular flexibility index (Phi) is 5.35. The third-order valence-electron chi connectivity index (χ3n) is 2.48. The van der Waals surface area contributed by atoms with E-state index in [9.17, 15) is 5.11 Å². The first-order chi connectivity index (χ1) is 6.33. The summed E-state index contributed by atoms with van der Waals surface area (Å²) in [5.74, 6) is 0. The monoisotopic (exact) mass is 187 g/mol. The van der Waals surface area contributed by atoms with Gasteiger partial charge in [0.05, 0.1) is 12.2 Å². The summed E-state index contributed by atoms with van der Waals surface area (Å²) >= 11 is 0. The molecule has 1 saturated heterocycles. The maximum atomic E-state index is 9.52. The van der Waals surface area contributed by atoms with E-state index < -0.39 is 0 Å². The summed E-state index contributed by atoms with van der Waals surface area (Å²) in [6, 6.07) is 0. The van der Waals surface area contributed by atoms with Crippen molar-refractivity contribution < 1.29 is 9.84 Å². The molecule has 3 heteroatoms. The number of aliphatic hydroxyl groups is 1. The van der Waals surface area contributed by atoms with Gasteiger partial charge in [-0.3, -0.25) is 0 Å². The number of ether oxygens (including phenoxy) is 1. The molecule has 0 bridgehead atoms. The Hall–Kier alpha value is -0.120. The van der Waals surface area contributed by atoms with Gasteiger partial charge in [0.2, 0.25) is 0 Å². The topological polar surface area (TPSA) is 41.5 Å². The first kappa shape index (κ1) is 11.0. The van der Waals surface area contributed by atoms with E-state index in [1.54, 1.807) is 0 Å². The quantitative estimate of drug-likeness (QED) is 0.649. The van der Waals surface area contributed by atoms with Gasteiger partial charge in [0, 0.05) is 13.2 Å². The van der Waals surface area contributed by atoms with Crippen molar-refractivity contribution in [3.05, 3.63) is 0 Å². The normalized spacial score (nSPS) is 24.9. The van der Waals surface area contributed by atoms with Crippen molar-refractivity contribution in [3.8, 4) is 0 Å². The highest BCUT2D eigenvalue weighted by atomic mass is 16.5. The molecule has 0 aromatic rings. The minimum absolute atomic E-state index is 0.204. The van der Waals surface area contributed by atoms with Crippen molar-refractivity contribution in [2.24, 2.45) is 0 Å². The fourth-order valence-corrected chi connectivity index (χ4v) is 1.66. The Morgan fingerprint density at radius 1 is 1.62 bits per heavy atom. The van der Waals surface area contributed by atoms with Crippen molar-refractivity contribution in [2.75, 3.05) is 19.7 Å². The molecule has 2 atom stereocenters. The standard InChI is InChI=1S/C10H21NO2/c1-2-11-8-9(12)5-6-10-4-3-7-13-10/h9-12H,2-8H2,1H3. The van der Waals surface area contributed by atoms with Crippen molar-refractivity contribution in [1.29, 1.82) is 0 Å². The average Bonchev–Trinajstić information content (AvgIpc) is 2.64. The van der Waals surface area contributed by atoms with Crippen LogP contribution >= 0.6 is 0 Å². The zero-order valence-electron chi connectivity index (χ0n) is 8.46. The largest absolute Gasteiger partial charge is 0.392 e. The first-order valence-corrected chi connectivity index (χ1v) is 5.33. The van der Waals surface area contributed by atoms with E-state index in [1.165, 1.54) is 12.8 Å². The molecule has 2 unspecified atom stereocenters. The number of hydrogen-bond donors (Lipinski definition) is 2. The summed E-state index contributed by atoms with van der Waals surface area (Å²) in [6.45, 7) is 4.60. The molecule has 1 rings (SSSR count). The van der Waals surface area contributed by atoms with Crippen LogP contribution in [0.2, 0.25) is 0 Å². The number of rotatable bonds is 6. The van der Waals surface area contributed by atoms with Gasteiger partial charge in [0.25, 0.3) is 0 Å². The summed E-state index contributed by atoms with van der Waals surface area (Å²) < 4.78 is 5.48. The van der Waals surface area contributed by atoms with Crippen LogP contribution in [0.3, 0.4) is 0 Å². The first-order valence-electron chi connectivity index (χ1n) is 5.33. The fourth-order valence-electron chi connectivity index (χ4n) is 1.66. The van der Waals surface area contributed by atoms with Crippen LogP contribution < -0.4 is 5.32 Å². The second-order valence-electron chi connectivity index (χ2n) is 3.67. The second-order valence-corrected chi connectivity index (χ2v) is 3.67. The maximum absolute atomic E-state index is 9.52. The van der Waals surface area contributed by atoms with Gasteiger partial charge >= 0.3 is 0 Å². The van der Waals surface area contributed by atoms with Crippen molar-refractivity contribution >= 4 is 0 Å². The van der Waals surface area contributed by atoms with E-state index in [2.05, 4.69) is 5.32 Å². The maximum Gasteiger partial charge on any atom is 0.0665 e. The lowest BCUT2D eigenvalue weighted by Crippen LogP contribution is -2.27. The second kappa shape index (κ2) is 6.35. The summed E-state index contributed by atoms with van der Waals surface area (Å²) in [5.41, 5.74) is 0. The number of likely N-dealkylation sites (N-methyl/N-ethyl adjacent to an activating group) is 1. The lowest BCUT2D eigenvalue weighted by molar-refractivity contribution is 0.0812. The van der Waals surface area contributed by atoms with E-state index in [0.29, 0.717) is 12.6 Å². The Balaban J connectivity index is 1.97. The Morgan fingerprint density at radius 2 is 2.46 bits per heavy atom. The number of hydrogen-bond acceptors (Lipinski definition) is 3. The van der Waals surface area contributed by atoms with Gasteiger partial charge < -0.3 is 15.2 Å². The molecule has 1 fully saturated rings. The van der Waals surface area contributed by atoms with E-state index >= 15 is 0 Å². The van der Waals surface area contributed by atoms with Gasteiger partial charge in [-0.25, -0.2) is 0 Å². The molecule has 0 spiro atoms. The van der Waals surface area contributed by atoms with Crippen LogP contribution in [0, 0.1) is 0 Å². The average molecular weight is 187 g/mol. The molecule has 0 saturated carbocycles. The highest BCUT2D eigenvalue weighted by Gasteiger charge is 2.16. The molecule has 1 heterocycles. The highest BCUT2D eigenvalue weighted by molar-refractivity contribution is 4.68. The van der Waals surface area contributed by atoms with E-state index in [4.69, 9.17) is 4.74 Å². The van der Waals surface area contributed by atoms with Crippen LogP contribution in [0.5, 0.6) is 0 Å². The summed E-state index contributed by atoms with van der Waals surface area (Å²) in [6.07, 6.45) is 4.44. The highest BCUT2D eigenvalue weighted by Crippen LogP contribution is 2.17. The van der Waals surface area contributed by atoms with E-state index in [0.717, 1.165) is 26.0 Å². The van der Waals surface area contributed by atoms with Crippen LogP contribution in [0.4, 0.5) is 0 Å². The zero-order chi connectivity index (χ0) is 9.52. The smallest absolute Gasteiger partial charge is 0.0665 e. The van der Waals surface area contributed by atoms with Gasteiger partial charge in [-0.1, -0.05) is 6.92 Å². The predicted molar refractivity (Wildman–Crippen MR) is 52.8 cm³/mol. The SMILES string of the molecule is CCNCC(O)CCC1CCCO1. The number of nitrogens with one attached hydrogen (secondary N) is 1. The lowest BCUT2D eigenvalue weighted by atomic mass is 10.1. The van der Waals surface area contributed by atoms with Crippen LogP contribution in [-0.2, 0) is 4.74 Å². The molecule has 0 aliphatic carbocycles. The molecular formula is C10H21NO2. The Labute approximate surface area is 80.5 Å². The van der Waals surface area contributed by atoms with Gasteiger partial charge in [0.15, 0.2) is 0 Å². The molecule has 0 aromatic heterocycles. The van der Waals surface area contributed by atoms with Crippen LogP contribution in [0.15, 0.2) is 0 Å². The molecule has 0 aromatic carbocycles. The molecule has 1 aliphatic rings. The predicted octanol–water partition coefficient (Wildman–Crippen LogP) is 0.916. The van der Waals surface area contributed by atoms with Crippen molar-refractivity contribution in [1.82, 2.24) is 5.32 Å². The minimum atomic E-state index is -0.204. The zero-order valence-corrected chi connectivity index (χ0v) is 8.46. The van der Waals surface area contributed by atoms with Gasteiger partial charge in [-0.05, 0) is 32.2 Å². The number of aliphatic hydroxyl groups excluding tert-OH is 1. The molecular weight excluding hydrogens is 166 g/mol. The van der Waals surface area contributed by atoms with E-state index in [1.807, 2.05) is 6.92 Å². The molecule has 0 amide bonds. The van der Waals surface area contributed by atoms with Crippen LogP contribution in [0.25, 0.3) is 0 Å². The molecule has 78 valence electrons. The fraction of sp³-hybridized carbons (Fsp3) is 1.00. The van der Waals surface area contributed by atoms with Crippen molar-refractivity contribution in [2.45, 2.75) is 44.8 Å². The van der Waals surface area contributed by atoms with Gasteiger partial charge in [-0.2, -0.15) is 0 Å². The summed E-state index contributed by atoms with van der Waals surface area (Å²) in [5, 5.41) is 12.7. The minimum Gasteiger partial charge on any atom is -0.392 e. The van der Waals surface area contributed by atoms with E-state index in [-0.39, 0.29) is 6.10 Å². The summed E-state index contributed by atoms with van der Waals surface area (Å²) in [7, 11) is 0. The lowest BCUT2D eigenvalue weighted by Gasteiger charge is -2.13. The van der Waals surface area contributed by atoms with Crippen LogP contribution in [-0.4, -0.2) is 37.0 Å². The van der Waals surface area contributed by atoms with Crippen LogP contribution in [0.1, 0.15) is 32.6 Å². The molecule has 2 N–H and O–H groups in total. The third-order valence-corrected chi connectivity index (χ3v) is 2.48. The third kappa shape index (κ3) is 4.60.